The molecular formula is C12H17NO2S. The molecule has 1 aliphatic rings. The molecule has 0 atom stereocenters. The van der Waals surface area contributed by atoms with Gasteiger partial charge in [-0.3, -0.25) is 4.79 Å². The van der Waals surface area contributed by atoms with Gasteiger partial charge in [0.25, 0.3) is 0 Å². The van der Waals surface area contributed by atoms with Crippen molar-refractivity contribution in [3.63, 3.8) is 0 Å². The van der Waals surface area contributed by atoms with Gasteiger partial charge in [-0.15, -0.1) is 11.3 Å². The molecule has 1 aromatic rings. The third-order valence-electron chi connectivity index (χ3n) is 3.14. The molecule has 0 bridgehead atoms. The van der Waals surface area contributed by atoms with Crippen LogP contribution in [0.1, 0.15) is 44.6 Å². The van der Waals surface area contributed by atoms with Gasteiger partial charge < -0.3 is 10.4 Å². The van der Waals surface area contributed by atoms with Crippen LogP contribution in [0, 0.1) is 0 Å². The summed E-state index contributed by atoms with van der Waals surface area (Å²) in [7, 11) is 0. The van der Waals surface area contributed by atoms with E-state index in [1.54, 1.807) is 0 Å². The third kappa shape index (κ3) is 2.28. The van der Waals surface area contributed by atoms with Crippen LogP contribution in [0.5, 0.6) is 0 Å². The van der Waals surface area contributed by atoms with Crippen molar-refractivity contribution in [2.45, 2.75) is 44.6 Å². The van der Waals surface area contributed by atoms with E-state index in [-0.39, 0.29) is 5.91 Å². The molecule has 0 spiro atoms. The van der Waals surface area contributed by atoms with E-state index < -0.39 is 5.60 Å². The number of nitrogens with one attached hydrogen (secondary N) is 1. The Morgan fingerprint density at radius 1 is 1.44 bits per heavy atom. The van der Waals surface area contributed by atoms with Gasteiger partial charge in [-0.1, -0.05) is 19.3 Å². The lowest BCUT2D eigenvalue weighted by Crippen LogP contribution is -2.29. The molecule has 0 aliphatic heterocycles. The van der Waals surface area contributed by atoms with Crippen molar-refractivity contribution >= 4 is 22.2 Å². The van der Waals surface area contributed by atoms with Crippen LogP contribution < -0.4 is 5.32 Å². The fraction of sp³-hybridized carbons (Fsp3) is 0.583. The molecule has 1 amide bonds. The topological polar surface area (TPSA) is 49.3 Å². The van der Waals surface area contributed by atoms with Gasteiger partial charge in [0.05, 0.1) is 5.60 Å². The van der Waals surface area contributed by atoms with Gasteiger partial charge in [-0.25, -0.2) is 0 Å². The van der Waals surface area contributed by atoms with Crippen LogP contribution in [0.25, 0.3) is 0 Å². The highest BCUT2D eigenvalue weighted by Gasteiger charge is 2.33. The first-order valence-corrected chi connectivity index (χ1v) is 6.58. The second-order valence-electron chi connectivity index (χ2n) is 4.44. The lowest BCUT2D eigenvalue weighted by Gasteiger charge is -2.32. The number of thiophene rings is 1. The monoisotopic (exact) mass is 239 g/mol. The highest BCUT2D eigenvalue weighted by Crippen LogP contribution is 2.42. The Kier molecular flexibility index (Phi) is 3.30. The molecule has 2 N–H and O–H groups in total. The Morgan fingerprint density at radius 2 is 2.12 bits per heavy atom. The van der Waals surface area contributed by atoms with Crippen LogP contribution in [0.15, 0.2) is 11.4 Å². The fourth-order valence-corrected chi connectivity index (χ4v) is 3.27. The summed E-state index contributed by atoms with van der Waals surface area (Å²) in [5.74, 6) is -0.0805. The van der Waals surface area contributed by atoms with Gasteiger partial charge in [0.1, 0.15) is 5.00 Å². The Balaban J connectivity index is 2.24. The first-order chi connectivity index (χ1) is 7.62. The molecule has 2 rings (SSSR count). The molecule has 0 unspecified atom stereocenters. The molecule has 1 heterocycles. The van der Waals surface area contributed by atoms with Crippen molar-refractivity contribution in [3.8, 4) is 0 Å². The van der Waals surface area contributed by atoms with E-state index in [1.807, 2.05) is 11.4 Å². The van der Waals surface area contributed by atoms with E-state index in [0.717, 1.165) is 36.2 Å². The summed E-state index contributed by atoms with van der Waals surface area (Å²) in [6.45, 7) is 1.49. The van der Waals surface area contributed by atoms with E-state index in [4.69, 9.17) is 0 Å². The van der Waals surface area contributed by atoms with Gasteiger partial charge in [0.2, 0.25) is 5.91 Å². The molecule has 1 aromatic heterocycles. The number of carbonyl (C=O) groups excluding carboxylic acids is 1. The highest BCUT2D eigenvalue weighted by atomic mass is 32.1. The Bertz CT molecular complexity index is 380. The van der Waals surface area contributed by atoms with Crippen LogP contribution in [0.4, 0.5) is 5.00 Å². The zero-order valence-corrected chi connectivity index (χ0v) is 10.3. The molecule has 1 saturated carbocycles. The summed E-state index contributed by atoms with van der Waals surface area (Å²) < 4.78 is 0. The number of aliphatic hydroxyl groups is 1. The predicted molar refractivity (Wildman–Crippen MR) is 65.6 cm³/mol. The second-order valence-corrected chi connectivity index (χ2v) is 5.35. The molecule has 16 heavy (non-hydrogen) atoms. The van der Waals surface area contributed by atoms with Crippen LogP contribution in [0.3, 0.4) is 0 Å². The summed E-state index contributed by atoms with van der Waals surface area (Å²) in [5.41, 5.74) is 0.170. The Labute approximate surface area is 99.5 Å². The minimum Gasteiger partial charge on any atom is -0.385 e. The van der Waals surface area contributed by atoms with Crippen molar-refractivity contribution in [2.75, 3.05) is 5.32 Å². The first kappa shape index (κ1) is 11.6. The predicted octanol–water partition coefficient (Wildman–Crippen LogP) is 2.86. The zero-order valence-electron chi connectivity index (χ0n) is 9.45. The lowest BCUT2D eigenvalue weighted by molar-refractivity contribution is -0.114. The maximum atomic E-state index is 11.1. The number of rotatable bonds is 2. The molecule has 88 valence electrons. The molecule has 4 heteroatoms. The lowest BCUT2D eigenvalue weighted by atomic mass is 9.80. The zero-order chi connectivity index (χ0) is 11.6. The number of hydrogen-bond donors (Lipinski definition) is 2. The van der Waals surface area contributed by atoms with E-state index in [2.05, 4.69) is 5.32 Å². The number of anilines is 1. The van der Waals surface area contributed by atoms with Gasteiger partial charge in [0.15, 0.2) is 0 Å². The largest absolute Gasteiger partial charge is 0.385 e. The summed E-state index contributed by atoms with van der Waals surface area (Å²) in [6, 6.07) is 1.93. The average molecular weight is 239 g/mol. The van der Waals surface area contributed by atoms with Gasteiger partial charge >= 0.3 is 0 Å². The summed E-state index contributed by atoms with van der Waals surface area (Å²) in [4.78, 5) is 11.1. The van der Waals surface area contributed by atoms with Gasteiger partial charge in [-0.05, 0) is 24.3 Å². The molecule has 3 nitrogen and oxygen atoms in total. The number of amides is 1. The maximum Gasteiger partial charge on any atom is 0.221 e. The SMILES string of the molecule is CC(=O)Nc1sccc1C1(O)CCCCC1. The van der Waals surface area contributed by atoms with Crippen LogP contribution >= 0.6 is 11.3 Å². The van der Waals surface area contributed by atoms with Gasteiger partial charge in [0, 0.05) is 12.5 Å². The third-order valence-corrected chi connectivity index (χ3v) is 3.97. The molecule has 1 fully saturated rings. The van der Waals surface area contributed by atoms with Crippen molar-refractivity contribution in [3.05, 3.63) is 17.0 Å². The minimum atomic E-state index is -0.726. The smallest absolute Gasteiger partial charge is 0.221 e. The molecule has 0 radical (unpaired) electrons. The summed E-state index contributed by atoms with van der Waals surface area (Å²) in [6.07, 6.45) is 4.92. The minimum absolute atomic E-state index is 0.0805. The van der Waals surface area contributed by atoms with E-state index in [1.165, 1.54) is 24.7 Å². The van der Waals surface area contributed by atoms with Crippen molar-refractivity contribution in [2.24, 2.45) is 0 Å². The van der Waals surface area contributed by atoms with E-state index >= 15 is 0 Å². The fourth-order valence-electron chi connectivity index (χ4n) is 2.34. The van der Waals surface area contributed by atoms with Crippen LogP contribution in [0.2, 0.25) is 0 Å². The second kappa shape index (κ2) is 4.55. The Hall–Kier alpha value is -0.870. The molecule has 1 aliphatic carbocycles. The van der Waals surface area contributed by atoms with E-state index in [9.17, 15) is 9.90 Å². The highest BCUT2D eigenvalue weighted by molar-refractivity contribution is 7.14. The average Bonchev–Trinajstić information content (AvgIpc) is 2.66. The maximum absolute atomic E-state index is 11.1. The van der Waals surface area contributed by atoms with Crippen molar-refractivity contribution < 1.29 is 9.90 Å². The normalized spacial score (nSPS) is 19.4. The first-order valence-electron chi connectivity index (χ1n) is 5.70. The molecular weight excluding hydrogens is 222 g/mol. The van der Waals surface area contributed by atoms with Crippen LogP contribution in [-0.2, 0) is 10.4 Å². The molecule has 0 aromatic carbocycles. The quantitative estimate of drug-likeness (QED) is 0.833. The summed E-state index contributed by atoms with van der Waals surface area (Å²) >= 11 is 1.48. The van der Waals surface area contributed by atoms with E-state index in [0.29, 0.717) is 0 Å². The van der Waals surface area contributed by atoms with Crippen LogP contribution in [-0.4, -0.2) is 11.0 Å². The van der Waals surface area contributed by atoms with Crippen molar-refractivity contribution in [1.29, 1.82) is 0 Å². The van der Waals surface area contributed by atoms with Crippen molar-refractivity contribution in [1.82, 2.24) is 0 Å². The summed E-state index contributed by atoms with van der Waals surface area (Å²) in [5, 5.41) is 16.1. The Morgan fingerprint density at radius 3 is 2.75 bits per heavy atom. The number of hydrogen-bond acceptors (Lipinski definition) is 3. The number of carbonyl (C=O) groups is 1. The molecule has 0 saturated heterocycles. The standard InChI is InChI=1S/C12H17NO2S/c1-9(14)13-11-10(5-8-16-11)12(15)6-3-2-4-7-12/h5,8,15H,2-4,6-7H2,1H3,(H,13,14). The van der Waals surface area contributed by atoms with Gasteiger partial charge in [-0.2, -0.15) is 0 Å².